The second-order valence-electron chi connectivity index (χ2n) is 9.75. The van der Waals surface area contributed by atoms with Crippen LogP contribution in [0.25, 0.3) is 5.78 Å². The summed E-state index contributed by atoms with van der Waals surface area (Å²) in [6, 6.07) is 5.36. The van der Waals surface area contributed by atoms with Gasteiger partial charge in [-0.05, 0) is 61.3 Å². The van der Waals surface area contributed by atoms with E-state index in [0.717, 1.165) is 36.8 Å². The zero-order valence-electron chi connectivity index (χ0n) is 20.7. The zero-order valence-corrected chi connectivity index (χ0v) is 20.7. The molecule has 9 nitrogen and oxygen atoms in total. The second-order valence-corrected chi connectivity index (χ2v) is 9.75. The quantitative estimate of drug-likeness (QED) is 0.448. The molecule has 9 heteroatoms. The lowest BCUT2D eigenvalue weighted by atomic mass is 9.76. The van der Waals surface area contributed by atoms with Crippen molar-refractivity contribution in [2.45, 2.75) is 70.3 Å². The molecule has 5 rings (SSSR count). The van der Waals surface area contributed by atoms with Crippen molar-refractivity contribution >= 4 is 11.7 Å². The van der Waals surface area contributed by atoms with Crippen molar-refractivity contribution in [2.24, 2.45) is 5.92 Å². The fourth-order valence-corrected chi connectivity index (χ4v) is 5.68. The first-order chi connectivity index (χ1) is 17.4. The Bertz CT molecular complexity index is 1280. The summed E-state index contributed by atoms with van der Waals surface area (Å²) in [5.41, 5.74) is 1.22. The number of cyclic esters (lactones) is 1. The first-order valence-electron chi connectivity index (χ1n) is 12.6. The molecular weight excluding hydrogens is 460 g/mol. The van der Waals surface area contributed by atoms with E-state index in [0.29, 0.717) is 36.6 Å². The highest BCUT2D eigenvalue weighted by atomic mass is 16.6. The lowest BCUT2D eigenvalue weighted by Gasteiger charge is -2.42. The van der Waals surface area contributed by atoms with E-state index in [1.807, 2.05) is 13.0 Å². The number of carbonyl (C=O) groups excluding carboxylic acids is 1. The van der Waals surface area contributed by atoms with E-state index < -0.39 is 11.6 Å². The Morgan fingerprint density at radius 1 is 1.22 bits per heavy atom. The molecule has 2 aromatic heterocycles. The van der Waals surface area contributed by atoms with Crippen LogP contribution < -0.4 is 4.74 Å². The summed E-state index contributed by atoms with van der Waals surface area (Å²) in [6.07, 6.45) is 9.66. The third kappa shape index (κ3) is 4.50. The average molecular weight is 493 g/mol. The first kappa shape index (κ1) is 24.1. The predicted octanol–water partition coefficient (Wildman–Crippen LogP) is 4.26. The summed E-state index contributed by atoms with van der Waals surface area (Å²) in [5, 5.41) is 25.7. The third-order valence-corrected chi connectivity index (χ3v) is 7.63. The van der Waals surface area contributed by atoms with Gasteiger partial charge in [0.1, 0.15) is 22.9 Å². The van der Waals surface area contributed by atoms with Crippen LogP contribution in [0.4, 0.5) is 0 Å². The monoisotopic (exact) mass is 492 g/mol. The minimum absolute atomic E-state index is 0.0527. The van der Waals surface area contributed by atoms with Crippen LogP contribution in [0.2, 0.25) is 0 Å². The highest BCUT2D eigenvalue weighted by molar-refractivity contribution is 5.90. The number of benzene rings is 1. The summed E-state index contributed by atoms with van der Waals surface area (Å²) in [4.78, 5) is 21.8. The molecule has 0 amide bonds. The lowest BCUT2D eigenvalue weighted by Crippen LogP contribution is -2.46. The van der Waals surface area contributed by atoms with Crippen LogP contribution in [0.5, 0.6) is 11.5 Å². The molecular formula is C27H32N4O5. The summed E-state index contributed by atoms with van der Waals surface area (Å²) in [6.45, 7) is 1.99. The number of carbonyl (C=O) groups is 1. The number of phenols is 1. The molecule has 0 radical (unpaired) electrons. The van der Waals surface area contributed by atoms with Crippen LogP contribution in [0.15, 0.2) is 41.9 Å². The smallest absolute Gasteiger partial charge is 0.338 e. The molecule has 1 fully saturated rings. The number of nitrogens with zero attached hydrogens (tertiary/aromatic N) is 4. The molecule has 1 unspecified atom stereocenters. The number of aromatic nitrogens is 4. The second kappa shape index (κ2) is 9.79. The number of aliphatic hydroxyl groups excluding tert-OH is 1. The maximum Gasteiger partial charge on any atom is 0.338 e. The number of ether oxygens (including phenoxy) is 2. The highest BCUT2D eigenvalue weighted by Crippen LogP contribution is 2.46. The van der Waals surface area contributed by atoms with Gasteiger partial charge in [0.25, 0.3) is 5.78 Å². The Morgan fingerprint density at radius 3 is 2.72 bits per heavy atom. The van der Waals surface area contributed by atoms with Gasteiger partial charge in [-0.1, -0.05) is 19.8 Å². The Labute approximate surface area is 209 Å². The summed E-state index contributed by atoms with van der Waals surface area (Å²) < 4.78 is 13.3. The lowest BCUT2D eigenvalue weighted by molar-refractivity contribution is -0.167. The number of methoxy groups -OCH3 is 1. The Balaban J connectivity index is 1.42. The van der Waals surface area contributed by atoms with Crippen molar-refractivity contribution < 1.29 is 24.5 Å². The first-order valence-corrected chi connectivity index (χ1v) is 12.6. The Kier molecular flexibility index (Phi) is 6.55. The summed E-state index contributed by atoms with van der Waals surface area (Å²) >= 11 is 0. The number of aliphatic hydroxyl groups is 1. The van der Waals surface area contributed by atoms with Crippen molar-refractivity contribution in [3.8, 4) is 11.5 Å². The molecule has 0 spiro atoms. The summed E-state index contributed by atoms with van der Waals surface area (Å²) in [5.74, 6) is 1.39. The van der Waals surface area contributed by atoms with E-state index >= 15 is 0 Å². The summed E-state index contributed by atoms with van der Waals surface area (Å²) in [7, 11) is 1.58. The van der Waals surface area contributed by atoms with E-state index in [-0.39, 0.29) is 35.8 Å². The number of esters is 1. The van der Waals surface area contributed by atoms with E-state index in [4.69, 9.17) is 9.47 Å². The van der Waals surface area contributed by atoms with Gasteiger partial charge in [-0.3, -0.25) is 0 Å². The van der Waals surface area contributed by atoms with Crippen LogP contribution in [-0.2, 0) is 28.8 Å². The van der Waals surface area contributed by atoms with Gasteiger partial charge >= 0.3 is 5.97 Å². The van der Waals surface area contributed by atoms with Gasteiger partial charge in [0.05, 0.1) is 12.7 Å². The fraction of sp³-hybridized carbons (Fsp3) is 0.481. The minimum atomic E-state index is -0.787. The van der Waals surface area contributed by atoms with Crippen molar-refractivity contribution in [3.05, 3.63) is 58.9 Å². The van der Waals surface area contributed by atoms with Gasteiger partial charge in [-0.2, -0.15) is 4.98 Å². The van der Waals surface area contributed by atoms with E-state index in [9.17, 15) is 15.0 Å². The maximum absolute atomic E-state index is 13.3. The van der Waals surface area contributed by atoms with Gasteiger partial charge in [0.15, 0.2) is 5.82 Å². The van der Waals surface area contributed by atoms with E-state index in [2.05, 4.69) is 15.1 Å². The van der Waals surface area contributed by atoms with Crippen LogP contribution in [-0.4, -0.2) is 48.5 Å². The van der Waals surface area contributed by atoms with Gasteiger partial charge in [0, 0.05) is 31.3 Å². The zero-order chi connectivity index (χ0) is 25.3. The van der Waals surface area contributed by atoms with Crippen LogP contribution in [0.3, 0.4) is 0 Å². The van der Waals surface area contributed by atoms with Crippen LogP contribution >= 0.6 is 0 Å². The molecule has 3 heterocycles. The number of rotatable bonds is 8. The normalized spacial score (nSPS) is 20.8. The number of aromatic hydroxyl groups is 1. The molecule has 0 saturated heterocycles. The number of fused-ring (bicyclic) bond motifs is 1. The third-order valence-electron chi connectivity index (χ3n) is 7.63. The molecule has 2 N–H and O–H groups in total. The Hall–Kier alpha value is -3.62. The van der Waals surface area contributed by atoms with Crippen molar-refractivity contribution in [2.75, 3.05) is 7.11 Å². The SMILES string of the molecule is CCc1cc(CCC2(C3CCCC3)CC(O)=C(Cc3nc4ncccn4n3)C(=O)O2)c(OC)cc1O. The van der Waals surface area contributed by atoms with E-state index in [1.165, 1.54) is 0 Å². The number of hydrogen-bond acceptors (Lipinski definition) is 8. The minimum Gasteiger partial charge on any atom is -0.512 e. The largest absolute Gasteiger partial charge is 0.512 e. The van der Waals surface area contributed by atoms with Crippen molar-refractivity contribution in [1.29, 1.82) is 0 Å². The number of phenolic OH excluding ortho intramolecular Hbond substituents is 1. The molecule has 1 aliphatic heterocycles. The average Bonchev–Trinajstić information content (AvgIpc) is 3.55. The molecule has 1 saturated carbocycles. The Morgan fingerprint density at radius 2 is 2.03 bits per heavy atom. The van der Waals surface area contributed by atoms with Gasteiger partial charge in [-0.15, -0.1) is 5.10 Å². The molecule has 36 heavy (non-hydrogen) atoms. The van der Waals surface area contributed by atoms with Gasteiger partial charge in [0.2, 0.25) is 0 Å². The van der Waals surface area contributed by atoms with Crippen LogP contribution in [0, 0.1) is 5.92 Å². The fourth-order valence-electron chi connectivity index (χ4n) is 5.68. The van der Waals surface area contributed by atoms with Crippen molar-refractivity contribution in [3.63, 3.8) is 0 Å². The van der Waals surface area contributed by atoms with Crippen LogP contribution in [0.1, 0.15) is 62.4 Å². The molecule has 1 atom stereocenters. The van der Waals surface area contributed by atoms with Crippen molar-refractivity contribution in [1.82, 2.24) is 19.6 Å². The highest BCUT2D eigenvalue weighted by Gasteiger charge is 2.48. The molecule has 0 bridgehead atoms. The number of hydrogen-bond donors (Lipinski definition) is 2. The molecule has 3 aromatic rings. The standard InChI is InChI=1S/C27H32N4O5/c1-3-17-13-18(23(35-2)15-21(17)32)9-10-27(19-7-4-5-8-19)16-22(33)20(25(34)36-27)14-24-29-26-28-11-6-12-31(26)30-24/h6,11-13,15,19,32-33H,3-5,7-10,14,16H2,1-2H3. The maximum atomic E-state index is 13.3. The van der Waals surface area contributed by atoms with Gasteiger partial charge in [-0.25, -0.2) is 14.3 Å². The predicted molar refractivity (Wildman–Crippen MR) is 132 cm³/mol. The molecule has 190 valence electrons. The topological polar surface area (TPSA) is 119 Å². The van der Waals surface area contributed by atoms with E-state index in [1.54, 1.807) is 36.2 Å². The van der Waals surface area contributed by atoms with Gasteiger partial charge < -0.3 is 19.7 Å². The number of aryl methyl sites for hydroxylation is 2. The molecule has 1 aromatic carbocycles. The molecule has 1 aliphatic carbocycles. The molecule has 2 aliphatic rings.